The molecule has 0 bridgehead atoms. The van der Waals surface area contributed by atoms with Crippen molar-refractivity contribution in [3.63, 3.8) is 0 Å². The van der Waals surface area contributed by atoms with Gasteiger partial charge in [-0.2, -0.15) is 4.98 Å². The monoisotopic (exact) mass is 356 g/mol. The predicted octanol–water partition coefficient (Wildman–Crippen LogP) is 3.95. The van der Waals surface area contributed by atoms with E-state index in [0.717, 1.165) is 21.1 Å². The number of carbonyl (C=O) groups is 1. The first-order chi connectivity index (χ1) is 11.9. The highest BCUT2D eigenvalue weighted by molar-refractivity contribution is 7.11. The van der Waals surface area contributed by atoms with Crippen LogP contribution in [0, 0.1) is 20.8 Å². The molecule has 0 aliphatic rings. The molecule has 0 spiro atoms. The molecule has 0 aliphatic carbocycles. The zero-order valence-corrected chi connectivity index (χ0v) is 15.7. The largest absolute Gasteiger partial charge is 0.339 e. The molecule has 1 atom stereocenters. The number of rotatable bonds is 4. The van der Waals surface area contributed by atoms with Crippen LogP contribution in [0.3, 0.4) is 0 Å². The number of aromatic nitrogens is 3. The summed E-state index contributed by atoms with van der Waals surface area (Å²) in [6, 6.07) is 7.23. The number of carbonyl (C=O) groups excluding carboxylic acids is 1. The number of amides is 1. The summed E-state index contributed by atoms with van der Waals surface area (Å²) in [5.74, 6) is 0.922. The van der Waals surface area contributed by atoms with Gasteiger partial charge < -0.3 is 9.42 Å². The Labute approximate surface area is 150 Å². The van der Waals surface area contributed by atoms with Crippen LogP contribution < -0.4 is 0 Å². The van der Waals surface area contributed by atoms with E-state index < -0.39 is 0 Å². The fraction of sp³-hybridized carbons (Fsp3) is 0.333. The van der Waals surface area contributed by atoms with Gasteiger partial charge in [0.1, 0.15) is 0 Å². The summed E-state index contributed by atoms with van der Waals surface area (Å²) in [6.07, 6.45) is 0. The molecule has 6 nitrogen and oxygen atoms in total. The first-order valence-corrected chi connectivity index (χ1v) is 8.80. The summed E-state index contributed by atoms with van der Waals surface area (Å²) < 4.78 is 5.02. The number of benzene rings is 1. The minimum atomic E-state index is -0.0555. The smallest absolute Gasteiger partial charge is 0.254 e. The molecule has 0 saturated carbocycles. The lowest BCUT2D eigenvalue weighted by Gasteiger charge is -2.24. The van der Waals surface area contributed by atoms with Gasteiger partial charge >= 0.3 is 0 Å². The second-order valence-corrected chi connectivity index (χ2v) is 7.23. The Hall–Kier alpha value is -2.54. The molecule has 2 aromatic heterocycles. The Morgan fingerprint density at radius 1 is 1.24 bits per heavy atom. The Balaban J connectivity index is 1.86. The van der Waals surface area contributed by atoms with Crippen LogP contribution in [0.1, 0.15) is 44.8 Å². The van der Waals surface area contributed by atoms with Crippen LogP contribution in [0.25, 0.3) is 11.4 Å². The van der Waals surface area contributed by atoms with Crippen molar-refractivity contribution in [2.45, 2.75) is 33.7 Å². The molecular weight excluding hydrogens is 336 g/mol. The van der Waals surface area contributed by atoms with Crippen LogP contribution in [0.15, 0.2) is 28.8 Å². The third-order valence-electron chi connectivity index (χ3n) is 4.12. The topological polar surface area (TPSA) is 72.1 Å². The first-order valence-electron chi connectivity index (χ1n) is 7.98. The maximum Gasteiger partial charge on any atom is 0.254 e. The number of aryl methyl sites for hydroxylation is 3. The van der Waals surface area contributed by atoms with Gasteiger partial charge in [0.05, 0.1) is 16.7 Å². The zero-order chi connectivity index (χ0) is 18.1. The van der Waals surface area contributed by atoms with E-state index in [4.69, 9.17) is 4.52 Å². The number of nitrogens with zero attached hydrogens (tertiary/aromatic N) is 4. The molecule has 130 valence electrons. The van der Waals surface area contributed by atoms with Crippen LogP contribution in [-0.4, -0.2) is 33.0 Å². The maximum absolute atomic E-state index is 12.9. The van der Waals surface area contributed by atoms with Crippen LogP contribution >= 0.6 is 11.3 Å². The fourth-order valence-electron chi connectivity index (χ4n) is 2.70. The number of thiazole rings is 1. The zero-order valence-electron chi connectivity index (χ0n) is 14.9. The van der Waals surface area contributed by atoms with Crippen molar-refractivity contribution in [3.05, 3.63) is 51.3 Å². The molecule has 3 aromatic rings. The Bertz CT molecular complexity index is 915. The molecule has 0 radical (unpaired) electrons. The minimum Gasteiger partial charge on any atom is -0.339 e. The Morgan fingerprint density at radius 3 is 2.60 bits per heavy atom. The molecule has 0 saturated heterocycles. The standard InChI is InChI=1S/C18H20N4O2S/c1-10-16(25-13(4)19-10)11(2)22(5)18(23)15-8-6-7-14(9-15)17-20-12(3)24-21-17/h6-9,11H,1-5H3. The van der Waals surface area contributed by atoms with Crippen molar-refractivity contribution in [2.24, 2.45) is 0 Å². The van der Waals surface area contributed by atoms with Gasteiger partial charge in [0.2, 0.25) is 11.7 Å². The summed E-state index contributed by atoms with van der Waals surface area (Å²) in [5, 5.41) is 4.92. The second-order valence-electron chi connectivity index (χ2n) is 5.99. The summed E-state index contributed by atoms with van der Waals surface area (Å²) in [5.41, 5.74) is 2.33. The Kier molecular flexibility index (Phi) is 4.67. The third kappa shape index (κ3) is 3.46. The van der Waals surface area contributed by atoms with Gasteiger partial charge in [-0.05, 0) is 32.9 Å². The molecule has 1 unspecified atom stereocenters. The fourth-order valence-corrected chi connectivity index (χ4v) is 3.72. The van der Waals surface area contributed by atoms with Gasteiger partial charge in [-0.15, -0.1) is 11.3 Å². The quantitative estimate of drug-likeness (QED) is 0.708. The van der Waals surface area contributed by atoms with Crippen molar-refractivity contribution < 1.29 is 9.32 Å². The van der Waals surface area contributed by atoms with Gasteiger partial charge in [0.25, 0.3) is 5.91 Å². The van der Waals surface area contributed by atoms with E-state index in [1.807, 2.05) is 40.0 Å². The van der Waals surface area contributed by atoms with E-state index in [1.165, 1.54) is 0 Å². The predicted molar refractivity (Wildman–Crippen MR) is 96.6 cm³/mol. The van der Waals surface area contributed by atoms with E-state index in [9.17, 15) is 4.79 Å². The summed E-state index contributed by atoms with van der Waals surface area (Å²) in [4.78, 5) is 24.4. The highest BCUT2D eigenvalue weighted by Crippen LogP contribution is 2.29. The minimum absolute atomic E-state index is 0.0465. The molecule has 0 fully saturated rings. The van der Waals surface area contributed by atoms with Crippen molar-refractivity contribution in [1.29, 1.82) is 0 Å². The van der Waals surface area contributed by atoms with Crippen molar-refractivity contribution in [3.8, 4) is 11.4 Å². The van der Waals surface area contributed by atoms with E-state index in [2.05, 4.69) is 15.1 Å². The highest BCUT2D eigenvalue weighted by Gasteiger charge is 2.23. The molecule has 25 heavy (non-hydrogen) atoms. The molecular formula is C18H20N4O2S. The van der Waals surface area contributed by atoms with E-state index in [1.54, 1.807) is 35.3 Å². The molecule has 3 rings (SSSR count). The molecule has 2 heterocycles. The van der Waals surface area contributed by atoms with Gasteiger partial charge in [0.15, 0.2) is 0 Å². The molecule has 1 amide bonds. The summed E-state index contributed by atoms with van der Waals surface area (Å²) >= 11 is 1.63. The lowest BCUT2D eigenvalue weighted by Crippen LogP contribution is -2.29. The third-order valence-corrected chi connectivity index (χ3v) is 5.36. The van der Waals surface area contributed by atoms with E-state index >= 15 is 0 Å². The van der Waals surface area contributed by atoms with Crippen molar-refractivity contribution in [1.82, 2.24) is 20.0 Å². The molecule has 1 aromatic carbocycles. The summed E-state index contributed by atoms with van der Waals surface area (Å²) in [6.45, 7) is 7.71. The highest BCUT2D eigenvalue weighted by atomic mass is 32.1. The molecule has 7 heteroatoms. The summed E-state index contributed by atoms with van der Waals surface area (Å²) in [7, 11) is 1.81. The van der Waals surface area contributed by atoms with Gasteiger partial charge in [-0.1, -0.05) is 17.3 Å². The maximum atomic E-state index is 12.9. The molecule has 0 aliphatic heterocycles. The van der Waals surface area contributed by atoms with Crippen LogP contribution in [0.5, 0.6) is 0 Å². The number of hydrogen-bond acceptors (Lipinski definition) is 6. The van der Waals surface area contributed by atoms with Crippen molar-refractivity contribution >= 4 is 17.2 Å². The lowest BCUT2D eigenvalue weighted by atomic mass is 10.1. The van der Waals surface area contributed by atoms with Gasteiger partial charge in [-0.3, -0.25) is 4.79 Å². The van der Waals surface area contributed by atoms with E-state index in [-0.39, 0.29) is 11.9 Å². The number of hydrogen-bond donors (Lipinski definition) is 0. The van der Waals surface area contributed by atoms with Gasteiger partial charge in [0, 0.05) is 30.0 Å². The van der Waals surface area contributed by atoms with E-state index in [0.29, 0.717) is 17.3 Å². The lowest BCUT2D eigenvalue weighted by molar-refractivity contribution is 0.0744. The average molecular weight is 356 g/mol. The second kappa shape index (κ2) is 6.76. The molecule has 0 N–H and O–H groups in total. The van der Waals surface area contributed by atoms with Crippen molar-refractivity contribution in [2.75, 3.05) is 7.05 Å². The van der Waals surface area contributed by atoms with Crippen LogP contribution in [-0.2, 0) is 0 Å². The van der Waals surface area contributed by atoms with Crippen LogP contribution in [0.4, 0.5) is 0 Å². The SMILES string of the molecule is Cc1nc(-c2cccc(C(=O)N(C)C(C)c3sc(C)nc3C)c2)no1. The van der Waals surface area contributed by atoms with Crippen LogP contribution in [0.2, 0.25) is 0 Å². The average Bonchev–Trinajstić information content (AvgIpc) is 3.18. The Morgan fingerprint density at radius 2 is 2.00 bits per heavy atom. The normalized spacial score (nSPS) is 12.2. The first kappa shape index (κ1) is 17.3. The van der Waals surface area contributed by atoms with Gasteiger partial charge in [-0.25, -0.2) is 4.98 Å².